The van der Waals surface area contributed by atoms with Crippen molar-refractivity contribution in [3.05, 3.63) is 0 Å². The molecule has 0 unspecified atom stereocenters. The molecule has 1 saturated carbocycles. The molecule has 18 heavy (non-hydrogen) atoms. The van der Waals surface area contributed by atoms with Gasteiger partial charge in [-0.05, 0) is 62.6 Å². The van der Waals surface area contributed by atoms with Crippen molar-refractivity contribution in [3.63, 3.8) is 0 Å². The molecule has 0 aromatic rings. The topological polar surface area (TPSA) is 29.3 Å². The van der Waals surface area contributed by atoms with Crippen LogP contribution in [-0.4, -0.2) is 31.1 Å². The van der Waals surface area contributed by atoms with Crippen LogP contribution in [0.4, 0.5) is 0 Å². The standard InChI is InChI=1S/C16H32N2/c1-15(2)7-6-11-18(14-15)12-10-16(13-17)8-4-3-5-9-16/h3-14,17H2,1-2H3. The lowest BCUT2D eigenvalue weighted by Gasteiger charge is -2.42. The van der Waals surface area contributed by atoms with Crippen LogP contribution in [0, 0.1) is 10.8 Å². The van der Waals surface area contributed by atoms with Gasteiger partial charge in [0, 0.05) is 6.54 Å². The fourth-order valence-electron chi connectivity index (χ4n) is 3.99. The molecule has 2 N–H and O–H groups in total. The van der Waals surface area contributed by atoms with Crippen molar-refractivity contribution in [3.8, 4) is 0 Å². The fraction of sp³-hybridized carbons (Fsp3) is 1.00. The largest absolute Gasteiger partial charge is 0.330 e. The molecule has 0 radical (unpaired) electrons. The summed E-state index contributed by atoms with van der Waals surface area (Å²) in [5.41, 5.74) is 7.10. The number of hydrogen-bond donors (Lipinski definition) is 1. The minimum absolute atomic E-state index is 0.486. The Morgan fingerprint density at radius 3 is 2.33 bits per heavy atom. The van der Waals surface area contributed by atoms with Crippen LogP contribution >= 0.6 is 0 Å². The van der Waals surface area contributed by atoms with E-state index in [-0.39, 0.29) is 0 Å². The van der Waals surface area contributed by atoms with E-state index in [4.69, 9.17) is 5.73 Å². The number of rotatable bonds is 4. The van der Waals surface area contributed by atoms with Crippen molar-refractivity contribution in [2.24, 2.45) is 16.6 Å². The molecule has 2 nitrogen and oxygen atoms in total. The summed E-state index contributed by atoms with van der Waals surface area (Å²) >= 11 is 0. The Hall–Kier alpha value is -0.0800. The van der Waals surface area contributed by atoms with Crippen molar-refractivity contribution in [1.29, 1.82) is 0 Å². The first-order valence-electron chi connectivity index (χ1n) is 7.98. The van der Waals surface area contributed by atoms with E-state index >= 15 is 0 Å². The summed E-state index contributed by atoms with van der Waals surface area (Å²) in [4.78, 5) is 2.69. The molecular weight excluding hydrogens is 220 g/mol. The van der Waals surface area contributed by atoms with E-state index in [0.717, 1.165) is 6.54 Å². The highest BCUT2D eigenvalue weighted by Crippen LogP contribution is 2.39. The summed E-state index contributed by atoms with van der Waals surface area (Å²) in [5.74, 6) is 0. The fourth-order valence-corrected chi connectivity index (χ4v) is 3.99. The van der Waals surface area contributed by atoms with Crippen molar-refractivity contribution >= 4 is 0 Å². The second kappa shape index (κ2) is 5.92. The number of nitrogens with two attached hydrogens (primary N) is 1. The molecule has 1 aliphatic heterocycles. The van der Waals surface area contributed by atoms with Gasteiger partial charge in [-0.1, -0.05) is 33.1 Å². The number of piperidine rings is 1. The first-order chi connectivity index (χ1) is 8.55. The van der Waals surface area contributed by atoms with Gasteiger partial charge in [-0.25, -0.2) is 0 Å². The zero-order valence-corrected chi connectivity index (χ0v) is 12.5. The molecule has 1 saturated heterocycles. The van der Waals surface area contributed by atoms with E-state index in [2.05, 4.69) is 18.7 Å². The molecule has 1 heterocycles. The lowest BCUT2D eigenvalue weighted by atomic mass is 9.71. The second-order valence-corrected chi connectivity index (χ2v) is 7.56. The normalized spacial score (nSPS) is 28.2. The van der Waals surface area contributed by atoms with Crippen LogP contribution in [0.2, 0.25) is 0 Å². The number of nitrogens with zero attached hydrogens (tertiary/aromatic N) is 1. The summed E-state index contributed by atoms with van der Waals surface area (Å²) in [6.07, 6.45) is 11.1. The van der Waals surface area contributed by atoms with Crippen LogP contribution in [0.5, 0.6) is 0 Å². The van der Waals surface area contributed by atoms with E-state index in [0.29, 0.717) is 10.8 Å². The quantitative estimate of drug-likeness (QED) is 0.831. The van der Waals surface area contributed by atoms with Crippen LogP contribution in [0.15, 0.2) is 0 Å². The molecule has 106 valence electrons. The Labute approximate surface area is 113 Å². The summed E-state index contributed by atoms with van der Waals surface area (Å²) in [6, 6.07) is 0. The van der Waals surface area contributed by atoms with Gasteiger partial charge in [0.05, 0.1) is 0 Å². The predicted molar refractivity (Wildman–Crippen MR) is 78.6 cm³/mol. The maximum atomic E-state index is 6.09. The maximum Gasteiger partial charge on any atom is 0.00327 e. The number of likely N-dealkylation sites (tertiary alicyclic amines) is 1. The zero-order valence-electron chi connectivity index (χ0n) is 12.5. The van der Waals surface area contributed by atoms with Gasteiger partial charge < -0.3 is 10.6 Å². The van der Waals surface area contributed by atoms with Crippen molar-refractivity contribution in [1.82, 2.24) is 4.90 Å². The molecule has 0 atom stereocenters. The smallest absolute Gasteiger partial charge is 0.00327 e. The summed E-state index contributed by atoms with van der Waals surface area (Å²) in [7, 11) is 0. The first kappa shape index (κ1) is 14.3. The van der Waals surface area contributed by atoms with E-state index < -0.39 is 0 Å². The second-order valence-electron chi connectivity index (χ2n) is 7.56. The van der Waals surface area contributed by atoms with Crippen LogP contribution in [0.1, 0.15) is 65.2 Å². The third-order valence-corrected chi connectivity index (χ3v) is 5.29. The van der Waals surface area contributed by atoms with Crippen molar-refractivity contribution < 1.29 is 0 Å². The molecule has 1 aliphatic carbocycles. The summed E-state index contributed by atoms with van der Waals surface area (Å²) in [5, 5.41) is 0. The monoisotopic (exact) mass is 252 g/mol. The SMILES string of the molecule is CC1(C)CCCN(CCC2(CN)CCCCC2)C1. The molecule has 2 rings (SSSR count). The minimum atomic E-state index is 0.486. The lowest BCUT2D eigenvalue weighted by Crippen LogP contribution is -2.43. The highest BCUT2D eigenvalue weighted by Gasteiger charge is 2.32. The predicted octanol–water partition coefficient (Wildman–Crippen LogP) is 3.41. The molecule has 2 aliphatic rings. The van der Waals surface area contributed by atoms with E-state index in [1.807, 2.05) is 0 Å². The van der Waals surface area contributed by atoms with Crippen LogP contribution in [-0.2, 0) is 0 Å². The minimum Gasteiger partial charge on any atom is -0.330 e. The Bertz CT molecular complexity index is 254. The molecule has 0 amide bonds. The van der Waals surface area contributed by atoms with Gasteiger partial charge in [0.2, 0.25) is 0 Å². The van der Waals surface area contributed by atoms with Crippen LogP contribution < -0.4 is 5.73 Å². The summed E-state index contributed by atoms with van der Waals surface area (Å²) in [6.45, 7) is 9.61. The molecule has 2 fully saturated rings. The van der Waals surface area contributed by atoms with Gasteiger partial charge in [0.25, 0.3) is 0 Å². The van der Waals surface area contributed by atoms with Gasteiger partial charge in [-0.15, -0.1) is 0 Å². The zero-order chi connectivity index (χ0) is 13.1. The average molecular weight is 252 g/mol. The Balaban J connectivity index is 1.82. The molecular formula is C16H32N2. The van der Waals surface area contributed by atoms with Gasteiger partial charge >= 0.3 is 0 Å². The third-order valence-electron chi connectivity index (χ3n) is 5.29. The van der Waals surface area contributed by atoms with E-state index in [1.165, 1.54) is 71.0 Å². The summed E-state index contributed by atoms with van der Waals surface area (Å²) < 4.78 is 0. The highest BCUT2D eigenvalue weighted by atomic mass is 15.1. The van der Waals surface area contributed by atoms with E-state index in [1.54, 1.807) is 0 Å². The Kier molecular flexibility index (Phi) is 4.71. The molecule has 2 heteroatoms. The molecule has 0 aromatic heterocycles. The Morgan fingerprint density at radius 2 is 1.72 bits per heavy atom. The van der Waals surface area contributed by atoms with Crippen molar-refractivity contribution in [2.75, 3.05) is 26.2 Å². The average Bonchev–Trinajstić information content (AvgIpc) is 2.36. The van der Waals surface area contributed by atoms with Gasteiger partial charge in [-0.3, -0.25) is 0 Å². The number of hydrogen-bond acceptors (Lipinski definition) is 2. The van der Waals surface area contributed by atoms with Gasteiger partial charge in [-0.2, -0.15) is 0 Å². The molecule has 0 aromatic carbocycles. The molecule has 0 spiro atoms. The van der Waals surface area contributed by atoms with Gasteiger partial charge in [0.15, 0.2) is 0 Å². The van der Waals surface area contributed by atoms with Gasteiger partial charge in [0.1, 0.15) is 0 Å². The highest BCUT2D eigenvalue weighted by molar-refractivity contribution is 4.86. The first-order valence-corrected chi connectivity index (χ1v) is 7.98. The van der Waals surface area contributed by atoms with Crippen LogP contribution in [0.3, 0.4) is 0 Å². The third kappa shape index (κ3) is 3.71. The van der Waals surface area contributed by atoms with E-state index in [9.17, 15) is 0 Å². The van der Waals surface area contributed by atoms with Crippen LogP contribution in [0.25, 0.3) is 0 Å². The maximum absolute atomic E-state index is 6.09. The Morgan fingerprint density at radius 1 is 1.00 bits per heavy atom. The van der Waals surface area contributed by atoms with Crippen molar-refractivity contribution in [2.45, 2.75) is 65.2 Å². The lowest BCUT2D eigenvalue weighted by molar-refractivity contribution is 0.0877. The molecule has 0 bridgehead atoms.